The van der Waals surface area contributed by atoms with Gasteiger partial charge in [0, 0.05) is 45.4 Å². The Hall–Kier alpha value is -2.23. The predicted octanol–water partition coefficient (Wildman–Crippen LogP) is 1.82. The zero-order valence-electron chi connectivity index (χ0n) is 17.6. The number of hydrogen-bond donors (Lipinski definition) is 1. The zero-order valence-corrected chi connectivity index (χ0v) is 18.4. The van der Waals surface area contributed by atoms with Crippen LogP contribution in [0.15, 0.2) is 34.1 Å². The molecule has 0 spiro atoms. The van der Waals surface area contributed by atoms with Crippen LogP contribution in [0.1, 0.15) is 37.6 Å². The summed E-state index contributed by atoms with van der Waals surface area (Å²) < 4.78 is 33.2. The van der Waals surface area contributed by atoms with Gasteiger partial charge in [0.15, 0.2) is 0 Å². The van der Waals surface area contributed by atoms with E-state index in [-0.39, 0.29) is 21.9 Å². The number of fused-ring (bicyclic) bond motifs is 1. The average Bonchev–Trinajstić information content (AvgIpc) is 2.67. The number of rotatable bonds is 9. The van der Waals surface area contributed by atoms with Crippen LogP contribution in [0.3, 0.4) is 0 Å². The van der Waals surface area contributed by atoms with E-state index >= 15 is 0 Å². The van der Waals surface area contributed by atoms with E-state index in [0.29, 0.717) is 31.6 Å². The predicted molar refractivity (Wildman–Crippen MR) is 113 cm³/mol. The number of nitrogens with one attached hydrogen (secondary N) is 1. The number of nitrogens with zero attached hydrogens (tertiary/aromatic N) is 2. The van der Waals surface area contributed by atoms with Crippen molar-refractivity contribution < 1.29 is 17.9 Å². The van der Waals surface area contributed by atoms with Crippen LogP contribution in [0.25, 0.3) is 10.9 Å². The topological polar surface area (TPSA) is 97.7 Å². The lowest BCUT2D eigenvalue weighted by Crippen LogP contribution is -2.31. The monoisotopic (exact) mass is 423 g/mol. The molecule has 0 saturated heterocycles. The molecule has 8 nitrogen and oxygen atoms in total. The van der Waals surface area contributed by atoms with Crippen molar-refractivity contribution in [3.63, 3.8) is 0 Å². The molecule has 1 amide bonds. The van der Waals surface area contributed by atoms with Gasteiger partial charge in [-0.1, -0.05) is 0 Å². The molecule has 29 heavy (non-hydrogen) atoms. The second kappa shape index (κ2) is 9.51. The second-order valence-electron chi connectivity index (χ2n) is 7.15. The number of carbonyl (C=O) groups is 1. The van der Waals surface area contributed by atoms with Crippen molar-refractivity contribution in [3.8, 4) is 0 Å². The van der Waals surface area contributed by atoms with Crippen LogP contribution >= 0.6 is 0 Å². The van der Waals surface area contributed by atoms with E-state index in [4.69, 9.17) is 4.74 Å². The maximum absolute atomic E-state index is 13.0. The number of amides is 1. The SMILES string of the molecule is CCn1cc(C(=O)NCCCOC(C)C)c(=O)c2cc(S(=O)(=O)N(C)C)ccc21. The molecule has 0 radical (unpaired) electrons. The van der Waals surface area contributed by atoms with Crippen LogP contribution < -0.4 is 10.7 Å². The highest BCUT2D eigenvalue weighted by molar-refractivity contribution is 7.89. The van der Waals surface area contributed by atoms with Crippen molar-refractivity contribution in [2.45, 2.75) is 44.7 Å². The second-order valence-corrected chi connectivity index (χ2v) is 9.31. The fraction of sp³-hybridized carbons (Fsp3) is 0.500. The van der Waals surface area contributed by atoms with Gasteiger partial charge >= 0.3 is 0 Å². The van der Waals surface area contributed by atoms with Gasteiger partial charge in [-0.3, -0.25) is 9.59 Å². The van der Waals surface area contributed by atoms with Crippen LogP contribution in [0.5, 0.6) is 0 Å². The summed E-state index contributed by atoms with van der Waals surface area (Å²) in [5, 5.41) is 2.93. The zero-order chi connectivity index (χ0) is 21.8. The van der Waals surface area contributed by atoms with Gasteiger partial charge in [-0.25, -0.2) is 12.7 Å². The summed E-state index contributed by atoms with van der Waals surface area (Å²) in [6.45, 7) is 7.18. The van der Waals surface area contributed by atoms with Crippen LogP contribution in [0, 0.1) is 0 Å². The Morgan fingerprint density at radius 2 is 1.97 bits per heavy atom. The van der Waals surface area contributed by atoms with Crippen LogP contribution in [0.4, 0.5) is 0 Å². The molecule has 160 valence electrons. The summed E-state index contributed by atoms with van der Waals surface area (Å²) in [6.07, 6.45) is 2.27. The van der Waals surface area contributed by atoms with Crippen LogP contribution in [-0.2, 0) is 21.3 Å². The molecule has 1 aromatic heterocycles. The number of aryl methyl sites for hydroxylation is 1. The van der Waals surface area contributed by atoms with Gasteiger partial charge < -0.3 is 14.6 Å². The van der Waals surface area contributed by atoms with Gasteiger partial charge in [-0.05, 0) is 45.4 Å². The third kappa shape index (κ3) is 5.23. The first kappa shape index (κ1) is 23.1. The summed E-state index contributed by atoms with van der Waals surface area (Å²) in [7, 11) is -0.840. The molecule has 0 fully saturated rings. The molecule has 0 aliphatic heterocycles. The Labute approximate surface area is 171 Å². The molecular formula is C20H29N3O5S. The maximum Gasteiger partial charge on any atom is 0.256 e. The number of ether oxygens (including phenoxy) is 1. The molecule has 9 heteroatoms. The summed E-state index contributed by atoms with van der Waals surface area (Å²) in [6, 6.07) is 4.41. The Bertz CT molecular complexity index is 1040. The van der Waals surface area contributed by atoms with Crippen molar-refractivity contribution in [2.24, 2.45) is 0 Å². The number of aromatic nitrogens is 1. The van der Waals surface area contributed by atoms with Crippen molar-refractivity contribution in [1.29, 1.82) is 0 Å². The normalized spacial score (nSPS) is 12.1. The van der Waals surface area contributed by atoms with E-state index in [1.165, 1.54) is 32.4 Å². The molecule has 0 atom stereocenters. The fourth-order valence-electron chi connectivity index (χ4n) is 2.86. The minimum atomic E-state index is -3.69. The summed E-state index contributed by atoms with van der Waals surface area (Å²) >= 11 is 0. The van der Waals surface area contributed by atoms with Crippen LogP contribution in [-0.4, -0.2) is 56.5 Å². The highest BCUT2D eigenvalue weighted by Crippen LogP contribution is 2.20. The molecule has 2 aromatic rings. The van der Waals surface area contributed by atoms with E-state index in [9.17, 15) is 18.0 Å². The van der Waals surface area contributed by atoms with E-state index in [0.717, 1.165) is 4.31 Å². The van der Waals surface area contributed by atoms with Gasteiger partial charge in [-0.2, -0.15) is 0 Å². The molecule has 1 N–H and O–H groups in total. The molecule has 0 saturated carbocycles. The van der Waals surface area contributed by atoms with Crippen molar-refractivity contribution in [1.82, 2.24) is 14.2 Å². The van der Waals surface area contributed by atoms with Gasteiger partial charge in [0.05, 0.1) is 16.5 Å². The van der Waals surface area contributed by atoms with E-state index in [2.05, 4.69) is 5.32 Å². The fourth-order valence-corrected chi connectivity index (χ4v) is 3.79. The first-order valence-electron chi connectivity index (χ1n) is 9.59. The number of pyridine rings is 1. The first-order valence-corrected chi connectivity index (χ1v) is 11.0. The Morgan fingerprint density at radius 3 is 2.55 bits per heavy atom. The van der Waals surface area contributed by atoms with E-state index in [1.54, 1.807) is 10.6 Å². The number of sulfonamides is 1. The minimum absolute atomic E-state index is 0.0106. The highest BCUT2D eigenvalue weighted by atomic mass is 32.2. The first-order chi connectivity index (χ1) is 13.6. The molecule has 2 rings (SSSR count). The smallest absolute Gasteiger partial charge is 0.256 e. The average molecular weight is 424 g/mol. The Balaban J connectivity index is 2.40. The molecule has 0 unspecified atom stereocenters. The lowest BCUT2D eigenvalue weighted by Gasteiger charge is -2.15. The van der Waals surface area contributed by atoms with Gasteiger partial charge in [0.1, 0.15) is 5.56 Å². The molecule has 1 aromatic carbocycles. The lowest BCUT2D eigenvalue weighted by molar-refractivity contribution is 0.0757. The molecule has 0 aliphatic rings. The largest absolute Gasteiger partial charge is 0.379 e. The van der Waals surface area contributed by atoms with Crippen molar-refractivity contribution in [2.75, 3.05) is 27.2 Å². The molecule has 0 aliphatic carbocycles. The van der Waals surface area contributed by atoms with Crippen molar-refractivity contribution in [3.05, 3.63) is 40.2 Å². The van der Waals surface area contributed by atoms with E-state index < -0.39 is 21.4 Å². The van der Waals surface area contributed by atoms with Gasteiger partial charge in [0.2, 0.25) is 15.5 Å². The summed E-state index contributed by atoms with van der Waals surface area (Å²) in [5.41, 5.74) is 0.0806. The Kier molecular flexibility index (Phi) is 7.56. The van der Waals surface area contributed by atoms with Crippen LogP contribution in [0.2, 0.25) is 0 Å². The molecule has 0 bridgehead atoms. The van der Waals surface area contributed by atoms with Gasteiger partial charge in [0.25, 0.3) is 5.91 Å². The third-order valence-corrected chi connectivity index (χ3v) is 6.28. The molecule has 1 heterocycles. The Morgan fingerprint density at radius 1 is 1.28 bits per heavy atom. The standard InChI is InChI=1S/C20H29N3O5S/c1-6-23-13-17(20(25)21-10-7-11-28-14(2)3)19(24)16-12-15(8-9-18(16)23)29(26,27)22(4)5/h8-9,12-14H,6-7,10-11H2,1-5H3,(H,21,25). The van der Waals surface area contributed by atoms with E-state index in [1.807, 2.05) is 20.8 Å². The highest BCUT2D eigenvalue weighted by Gasteiger charge is 2.20. The third-order valence-electron chi connectivity index (χ3n) is 4.47. The summed E-state index contributed by atoms with van der Waals surface area (Å²) in [5.74, 6) is -0.482. The lowest BCUT2D eigenvalue weighted by atomic mass is 10.1. The van der Waals surface area contributed by atoms with Crippen molar-refractivity contribution >= 4 is 26.8 Å². The quantitative estimate of drug-likeness (QED) is 0.621. The maximum atomic E-state index is 13.0. The summed E-state index contributed by atoms with van der Waals surface area (Å²) in [4.78, 5) is 25.5. The number of benzene rings is 1. The number of hydrogen-bond acceptors (Lipinski definition) is 5. The minimum Gasteiger partial charge on any atom is -0.379 e. The molecular weight excluding hydrogens is 394 g/mol. The number of carbonyl (C=O) groups excluding carboxylic acids is 1. The van der Waals surface area contributed by atoms with Gasteiger partial charge in [-0.15, -0.1) is 0 Å².